The van der Waals surface area contributed by atoms with Crippen LogP contribution in [0.2, 0.25) is 0 Å². The Morgan fingerprint density at radius 3 is 2.70 bits per heavy atom. The van der Waals surface area contributed by atoms with Crippen LogP contribution in [0.3, 0.4) is 0 Å². The molecule has 150 valence electrons. The third kappa shape index (κ3) is 2.74. The summed E-state index contributed by atoms with van der Waals surface area (Å²) >= 11 is 0. The zero-order valence-electron chi connectivity index (χ0n) is 16.2. The average Bonchev–Trinajstić information content (AvgIpc) is 3.47. The number of benzene rings is 2. The number of rotatable bonds is 2. The second-order valence-electron chi connectivity index (χ2n) is 7.95. The molecule has 2 aliphatic heterocycles. The van der Waals surface area contributed by atoms with Crippen LogP contribution < -0.4 is 4.90 Å². The summed E-state index contributed by atoms with van der Waals surface area (Å²) < 4.78 is 17.4. The first kappa shape index (κ1) is 17.4. The highest BCUT2D eigenvalue weighted by molar-refractivity contribution is 5.71. The van der Waals surface area contributed by atoms with Gasteiger partial charge in [0.1, 0.15) is 12.1 Å². The first-order valence-electron chi connectivity index (χ1n) is 10.1. The fourth-order valence-corrected chi connectivity index (χ4v) is 4.48. The quantitative estimate of drug-likeness (QED) is 0.492. The van der Waals surface area contributed by atoms with E-state index in [9.17, 15) is 9.50 Å². The standard InChI is InChI=1S/C23H20FN5O/c24-18-3-1-15(2-4-18)16-10-22-23-25-14-26-29(23)21-6-5-19(27-8-7-20(30)13-27)9-17(21)12-28(22)11-16/h1-6,9-11,14,20,30H,7-8,12-13H2/t20-/m0/s1. The first-order valence-corrected chi connectivity index (χ1v) is 10.1. The van der Waals surface area contributed by atoms with Crippen molar-refractivity contribution in [3.63, 3.8) is 0 Å². The van der Waals surface area contributed by atoms with E-state index < -0.39 is 0 Å². The lowest BCUT2D eigenvalue weighted by Crippen LogP contribution is -2.21. The molecule has 6 nitrogen and oxygen atoms in total. The van der Waals surface area contributed by atoms with Gasteiger partial charge in [-0.05, 0) is 53.9 Å². The molecule has 0 unspecified atom stereocenters. The maximum absolute atomic E-state index is 13.3. The molecule has 1 saturated heterocycles. The lowest BCUT2D eigenvalue weighted by atomic mass is 10.1. The third-order valence-corrected chi connectivity index (χ3v) is 6.01. The fourth-order valence-electron chi connectivity index (χ4n) is 4.48. The lowest BCUT2D eigenvalue weighted by Gasteiger charge is -2.20. The molecule has 0 amide bonds. The summed E-state index contributed by atoms with van der Waals surface area (Å²) in [6, 6.07) is 15.0. The number of nitrogens with zero attached hydrogens (tertiary/aromatic N) is 5. The van der Waals surface area contributed by atoms with Crippen LogP contribution >= 0.6 is 0 Å². The maximum atomic E-state index is 13.3. The van der Waals surface area contributed by atoms with Crippen LogP contribution in [0.4, 0.5) is 10.1 Å². The topological polar surface area (TPSA) is 59.1 Å². The van der Waals surface area contributed by atoms with E-state index in [1.807, 2.05) is 4.68 Å². The summed E-state index contributed by atoms with van der Waals surface area (Å²) in [5.41, 5.74) is 6.21. The molecule has 2 aromatic heterocycles. The fraction of sp³-hybridized carbons (Fsp3) is 0.217. The molecule has 4 heterocycles. The monoisotopic (exact) mass is 401 g/mol. The number of aliphatic hydroxyl groups is 1. The van der Waals surface area contributed by atoms with Crippen molar-refractivity contribution in [3.05, 3.63) is 72.4 Å². The van der Waals surface area contributed by atoms with Crippen molar-refractivity contribution in [2.24, 2.45) is 0 Å². The number of halogens is 1. The molecule has 0 saturated carbocycles. The molecule has 1 N–H and O–H groups in total. The Morgan fingerprint density at radius 2 is 1.90 bits per heavy atom. The van der Waals surface area contributed by atoms with Crippen LogP contribution in [0.5, 0.6) is 0 Å². The maximum Gasteiger partial charge on any atom is 0.179 e. The molecular formula is C23H20FN5O. The van der Waals surface area contributed by atoms with Crippen LogP contribution in [-0.4, -0.2) is 43.6 Å². The zero-order chi connectivity index (χ0) is 20.2. The van der Waals surface area contributed by atoms with Gasteiger partial charge in [0, 0.05) is 37.1 Å². The van der Waals surface area contributed by atoms with Gasteiger partial charge in [-0.2, -0.15) is 5.10 Å². The van der Waals surface area contributed by atoms with Crippen LogP contribution in [0.1, 0.15) is 12.0 Å². The summed E-state index contributed by atoms with van der Waals surface area (Å²) in [4.78, 5) is 6.74. The number of hydrogen-bond acceptors (Lipinski definition) is 4. The second kappa shape index (κ2) is 6.53. The molecule has 0 spiro atoms. The largest absolute Gasteiger partial charge is 0.391 e. The number of aromatic nitrogens is 4. The van der Waals surface area contributed by atoms with Crippen molar-refractivity contribution in [1.29, 1.82) is 0 Å². The summed E-state index contributed by atoms with van der Waals surface area (Å²) in [6.45, 7) is 2.20. The Bertz CT molecular complexity index is 1240. The van der Waals surface area contributed by atoms with Gasteiger partial charge in [0.05, 0.1) is 17.5 Å². The molecular weight excluding hydrogens is 381 g/mol. The van der Waals surface area contributed by atoms with E-state index in [2.05, 4.69) is 50.0 Å². The van der Waals surface area contributed by atoms with Crippen LogP contribution in [-0.2, 0) is 6.54 Å². The Kier molecular flexibility index (Phi) is 3.79. The smallest absolute Gasteiger partial charge is 0.179 e. The van der Waals surface area contributed by atoms with Gasteiger partial charge in [-0.1, -0.05) is 12.1 Å². The normalized spacial score (nSPS) is 17.4. The van der Waals surface area contributed by atoms with Crippen molar-refractivity contribution in [2.75, 3.05) is 18.0 Å². The molecule has 7 heteroatoms. The minimum absolute atomic E-state index is 0.243. The van der Waals surface area contributed by atoms with E-state index in [-0.39, 0.29) is 11.9 Å². The van der Waals surface area contributed by atoms with Gasteiger partial charge in [-0.25, -0.2) is 14.1 Å². The third-order valence-electron chi connectivity index (χ3n) is 6.01. The Labute approximate surface area is 172 Å². The minimum atomic E-state index is -0.264. The molecule has 6 rings (SSSR count). The molecule has 4 aromatic rings. The van der Waals surface area contributed by atoms with E-state index in [1.165, 1.54) is 12.1 Å². The van der Waals surface area contributed by atoms with Gasteiger partial charge in [-0.3, -0.25) is 0 Å². The molecule has 1 atom stereocenters. The molecule has 2 aliphatic rings. The van der Waals surface area contributed by atoms with Crippen LogP contribution in [0.15, 0.2) is 61.1 Å². The second-order valence-corrected chi connectivity index (χ2v) is 7.95. The highest BCUT2D eigenvalue weighted by atomic mass is 19.1. The molecule has 30 heavy (non-hydrogen) atoms. The highest BCUT2D eigenvalue weighted by Gasteiger charge is 2.25. The van der Waals surface area contributed by atoms with Gasteiger partial charge in [0.15, 0.2) is 5.82 Å². The number of aliphatic hydroxyl groups excluding tert-OH is 1. The molecule has 0 aliphatic carbocycles. The summed E-state index contributed by atoms with van der Waals surface area (Å²) in [7, 11) is 0. The molecule has 0 bridgehead atoms. The Morgan fingerprint density at radius 1 is 1.03 bits per heavy atom. The molecule has 2 aromatic carbocycles. The minimum Gasteiger partial charge on any atom is -0.391 e. The Balaban J connectivity index is 1.46. The van der Waals surface area contributed by atoms with Gasteiger partial charge in [-0.15, -0.1) is 0 Å². The van der Waals surface area contributed by atoms with E-state index >= 15 is 0 Å². The highest BCUT2D eigenvalue weighted by Crippen LogP contribution is 2.35. The number of β-amino-alcohol motifs (C(OH)–C–C–N with tert-alkyl or cyclic N) is 1. The van der Waals surface area contributed by atoms with Crippen molar-refractivity contribution in [2.45, 2.75) is 19.1 Å². The van der Waals surface area contributed by atoms with E-state index in [0.29, 0.717) is 13.1 Å². The predicted molar refractivity (Wildman–Crippen MR) is 112 cm³/mol. The van der Waals surface area contributed by atoms with E-state index in [0.717, 1.165) is 52.5 Å². The van der Waals surface area contributed by atoms with Crippen LogP contribution in [0.25, 0.3) is 28.3 Å². The van der Waals surface area contributed by atoms with Crippen molar-refractivity contribution in [3.8, 4) is 28.3 Å². The van der Waals surface area contributed by atoms with Crippen LogP contribution in [0, 0.1) is 5.82 Å². The molecule has 0 radical (unpaired) electrons. The van der Waals surface area contributed by atoms with E-state index in [4.69, 9.17) is 0 Å². The van der Waals surface area contributed by atoms with Gasteiger partial charge in [0.25, 0.3) is 0 Å². The zero-order valence-corrected chi connectivity index (χ0v) is 16.2. The number of fused-ring (bicyclic) bond motifs is 5. The van der Waals surface area contributed by atoms with Crippen molar-refractivity contribution < 1.29 is 9.50 Å². The lowest BCUT2D eigenvalue weighted by molar-refractivity contribution is 0.198. The molecule has 1 fully saturated rings. The summed E-state index contributed by atoms with van der Waals surface area (Å²) in [6.07, 6.45) is 4.19. The number of anilines is 1. The van der Waals surface area contributed by atoms with Crippen molar-refractivity contribution in [1.82, 2.24) is 19.3 Å². The average molecular weight is 401 g/mol. The first-order chi connectivity index (χ1) is 14.7. The van der Waals surface area contributed by atoms with Gasteiger partial charge >= 0.3 is 0 Å². The van der Waals surface area contributed by atoms with Gasteiger partial charge in [0.2, 0.25) is 0 Å². The SMILES string of the molecule is O[C@H]1CCN(c2ccc3c(c2)Cn2cc(-c4ccc(F)cc4)cc2-c2ncnn2-3)C1. The van der Waals surface area contributed by atoms with Crippen molar-refractivity contribution >= 4 is 5.69 Å². The number of hydrogen-bond donors (Lipinski definition) is 1. The summed E-state index contributed by atoms with van der Waals surface area (Å²) in [5.74, 6) is 0.541. The summed E-state index contributed by atoms with van der Waals surface area (Å²) in [5, 5.41) is 14.4. The van der Waals surface area contributed by atoms with E-state index in [1.54, 1.807) is 18.5 Å². The van der Waals surface area contributed by atoms with Gasteiger partial charge < -0.3 is 14.6 Å². The predicted octanol–water partition coefficient (Wildman–Crippen LogP) is 3.47. The Hall–Kier alpha value is -3.45.